The van der Waals surface area contributed by atoms with E-state index in [1.807, 2.05) is 66.7 Å². The molecule has 0 aliphatic rings. The van der Waals surface area contributed by atoms with Gasteiger partial charge in [-0.15, -0.1) is 0 Å². The first kappa shape index (κ1) is 32.4. The molecule has 238 valence electrons. The minimum Gasteiger partial charge on any atom is -0.497 e. The number of hydrogen-bond donors (Lipinski definition) is 2. The summed E-state index contributed by atoms with van der Waals surface area (Å²) in [5, 5.41) is 6.75. The smallest absolute Gasteiger partial charge is 0.323 e. The van der Waals surface area contributed by atoms with Crippen LogP contribution in [0, 0.1) is 0 Å². The summed E-state index contributed by atoms with van der Waals surface area (Å²) in [6.45, 7) is 9.60. The van der Waals surface area contributed by atoms with E-state index in [9.17, 15) is 9.59 Å². The average molecular weight is 620 g/mol. The third-order valence-electron chi connectivity index (χ3n) is 7.75. The van der Waals surface area contributed by atoms with Crippen LogP contribution in [0.3, 0.4) is 0 Å². The molecular formula is C37H41N5O4. The van der Waals surface area contributed by atoms with Crippen LogP contribution in [0.25, 0.3) is 22.2 Å². The van der Waals surface area contributed by atoms with Crippen LogP contribution in [0.1, 0.15) is 57.2 Å². The molecular weight excluding hydrogens is 578 g/mol. The molecule has 0 aliphatic heterocycles. The summed E-state index contributed by atoms with van der Waals surface area (Å²) in [4.78, 5) is 36.7. The van der Waals surface area contributed by atoms with E-state index in [-0.39, 0.29) is 16.7 Å². The molecule has 3 heterocycles. The molecule has 0 unspecified atom stereocenters. The number of urea groups is 1. The number of aryl methyl sites for hydroxylation is 1. The number of pyridine rings is 3. The molecule has 0 fully saturated rings. The highest BCUT2D eigenvalue weighted by Crippen LogP contribution is 2.35. The fraction of sp³-hybridized carbons (Fsp3) is 0.297. The van der Waals surface area contributed by atoms with Crippen molar-refractivity contribution in [3.8, 4) is 16.9 Å². The van der Waals surface area contributed by atoms with E-state index in [1.54, 1.807) is 30.3 Å². The molecule has 2 N–H and O–H groups in total. The van der Waals surface area contributed by atoms with Gasteiger partial charge in [-0.2, -0.15) is 0 Å². The summed E-state index contributed by atoms with van der Waals surface area (Å²) in [5.41, 5.74) is 4.97. The minimum atomic E-state index is -0.523. The fourth-order valence-electron chi connectivity index (χ4n) is 5.47. The number of ether oxygens (including phenoxy) is 2. The van der Waals surface area contributed by atoms with E-state index in [0.717, 1.165) is 40.5 Å². The first-order chi connectivity index (χ1) is 22.2. The second kappa shape index (κ2) is 14.4. The Hall–Kier alpha value is -5.02. The normalized spacial score (nSPS) is 11.4. The van der Waals surface area contributed by atoms with Crippen LogP contribution in [0.15, 0.2) is 90.1 Å². The number of aromatic nitrogens is 3. The van der Waals surface area contributed by atoms with Crippen molar-refractivity contribution in [2.24, 2.45) is 0 Å². The van der Waals surface area contributed by atoms with Gasteiger partial charge >= 0.3 is 6.03 Å². The second-order valence-electron chi connectivity index (χ2n) is 12.2. The first-order valence-electron chi connectivity index (χ1n) is 15.5. The highest BCUT2D eigenvalue weighted by Gasteiger charge is 2.23. The summed E-state index contributed by atoms with van der Waals surface area (Å²) < 4.78 is 13.1. The van der Waals surface area contributed by atoms with Crippen molar-refractivity contribution in [3.63, 3.8) is 0 Å². The molecule has 9 nitrogen and oxygen atoms in total. The quantitative estimate of drug-likeness (QED) is 0.156. The van der Waals surface area contributed by atoms with Gasteiger partial charge in [-0.05, 0) is 70.5 Å². The molecule has 0 spiro atoms. The summed E-state index contributed by atoms with van der Waals surface area (Å²) in [5.74, 6) is 0.637. The largest absolute Gasteiger partial charge is 0.497 e. The number of carbonyl (C=O) groups is 1. The number of methoxy groups -OCH3 is 1. The topological polar surface area (TPSA) is 107 Å². The van der Waals surface area contributed by atoms with Crippen molar-refractivity contribution in [3.05, 3.63) is 112 Å². The van der Waals surface area contributed by atoms with Crippen LogP contribution in [0.2, 0.25) is 0 Å². The standard InChI is InChI=1S/C37H41N5O4/c1-6-7-19-42-34-29(14-10-18-39-34)32(27-12-8-13-28(21-27)45-5)33(35(42)43)41-36(44)40-31-20-25(15-16-30(31)37(2,3)4)23-46-24-26-11-9-17-38-22-26/h8-18,20-22H,6-7,19,23-24H2,1-5H3,(H2,40,41,44). The molecule has 5 rings (SSSR count). The monoisotopic (exact) mass is 619 g/mol. The molecule has 2 amide bonds. The van der Waals surface area contributed by atoms with Gasteiger partial charge in [0.25, 0.3) is 5.56 Å². The number of anilines is 2. The minimum absolute atomic E-state index is 0.177. The Balaban J connectivity index is 1.52. The number of carbonyl (C=O) groups excluding carboxylic acids is 1. The number of fused-ring (bicyclic) bond motifs is 1. The third kappa shape index (κ3) is 7.43. The lowest BCUT2D eigenvalue weighted by Crippen LogP contribution is -2.30. The van der Waals surface area contributed by atoms with Gasteiger partial charge in [-0.1, -0.05) is 64.4 Å². The molecule has 0 aliphatic carbocycles. The molecule has 9 heteroatoms. The van der Waals surface area contributed by atoms with E-state index < -0.39 is 6.03 Å². The van der Waals surface area contributed by atoms with Crippen molar-refractivity contribution in [2.45, 2.75) is 65.7 Å². The van der Waals surface area contributed by atoms with E-state index in [1.165, 1.54) is 0 Å². The van der Waals surface area contributed by atoms with Crippen molar-refractivity contribution in [2.75, 3.05) is 17.7 Å². The van der Waals surface area contributed by atoms with Gasteiger partial charge in [0.15, 0.2) is 0 Å². The molecule has 0 saturated heterocycles. The molecule has 2 aromatic carbocycles. The predicted molar refractivity (Wildman–Crippen MR) is 183 cm³/mol. The van der Waals surface area contributed by atoms with Gasteiger partial charge in [0.05, 0.1) is 20.3 Å². The summed E-state index contributed by atoms with van der Waals surface area (Å²) in [7, 11) is 1.60. The summed E-state index contributed by atoms with van der Waals surface area (Å²) >= 11 is 0. The molecule has 5 aromatic rings. The Morgan fingerprint density at radius 3 is 2.48 bits per heavy atom. The number of benzene rings is 2. The van der Waals surface area contributed by atoms with Gasteiger partial charge < -0.3 is 20.1 Å². The number of nitrogens with zero attached hydrogens (tertiary/aromatic N) is 3. The lowest BCUT2D eigenvalue weighted by Gasteiger charge is -2.24. The van der Waals surface area contributed by atoms with Gasteiger partial charge in [-0.3, -0.25) is 14.3 Å². The number of rotatable bonds is 11. The van der Waals surface area contributed by atoms with Crippen molar-refractivity contribution >= 4 is 28.4 Å². The molecule has 3 aromatic heterocycles. The lowest BCUT2D eigenvalue weighted by molar-refractivity contribution is 0.107. The van der Waals surface area contributed by atoms with Crippen LogP contribution in [-0.4, -0.2) is 27.7 Å². The first-order valence-corrected chi connectivity index (χ1v) is 15.5. The maximum absolute atomic E-state index is 14.2. The van der Waals surface area contributed by atoms with E-state index in [4.69, 9.17) is 9.47 Å². The van der Waals surface area contributed by atoms with Gasteiger partial charge in [0, 0.05) is 41.8 Å². The van der Waals surface area contributed by atoms with Crippen LogP contribution in [0.4, 0.5) is 16.2 Å². The highest BCUT2D eigenvalue weighted by molar-refractivity contribution is 6.07. The number of nitrogens with one attached hydrogen (secondary N) is 2. The Kier molecular flexibility index (Phi) is 10.1. The van der Waals surface area contributed by atoms with Gasteiger partial charge in [-0.25, -0.2) is 9.78 Å². The van der Waals surface area contributed by atoms with Crippen molar-refractivity contribution < 1.29 is 14.3 Å². The number of hydrogen-bond acceptors (Lipinski definition) is 6. The predicted octanol–water partition coefficient (Wildman–Crippen LogP) is 7.93. The zero-order valence-electron chi connectivity index (χ0n) is 27.1. The van der Waals surface area contributed by atoms with Crippen molar-refractivity contribution in [1.29, 1.82) is 0 Å². The molecule has 0 saturated carbocycles. The van der Waals surface area contributed by atoms with Crippen LogP contribution < -0.4 is 20.9 Å². The highest BCUT2D eigenvalue weighted by atomic mass is 16.5. The Labute approximate surface area is 269 Å². The molecule has 0 bridgehead atoms. The number of unbranched alkanes of at least 4 members (excludes halogenated alkanes) is 1. The third-order valence-corrected chi connectivity index (χ3v) is 7.75. The Morgan fingerprint density at radius 2 is 1.74 bits per heavy atom. The SMILES string of the molecule is CCCCn1c(=O)c(NC(=O)Nc2cc(COCc3cccnc3)ccc2C(C)(C)C)c(-c2cccc(OC)c2)c2cccnc21. The van der Waals surface area contributed by atoms with Gasteiger partial charge in [0.1, 0.15) is 17.1 Å². The van der Waals surface area contributed by atoms with Crippen molar-refractivity contribution in [1.82, 2.24) is 14.5 Å². The lowest BCUT2D eigenvalue weighted by atomic mass is 9.85. The van der Waals surface area contributed by atoms with Crippen LogP contribution in [0.5, 0.6) is 5.75 Å². The van der Waals surface area contributed by atoms with E-state index >= 15 is 0 Å². The van der Waals surface area contributed by atoms with E-state index in [0.29, 0.717) is 42.4 Å². The maximum Gasteiger partial charge on any atom is 0.323 e. The molecule has 0 radical (unpaired) electrons. The Morgan fingerprint density at radius 1 is 0.935 bits per heavy atom. The zero-order valence-corrected chi connectivity index (χ0v) is 27.1. The van der Waals surface area contributed by atoms with E-state index in [2.05, 4.69) is 48.3 Å². The molecule has 46 heavy (non-hydrogen) atoms. The summed E-state index contributed by atoms with van der Waals surface area (Å²) in [6, 6.07) is 20.5. The van der Waals surface area contributed by atoms with Crippen LogP contribution >= 0.6 is 0 Å². The average Bonchev–Trinajstić information content (AvgIpc) is 3.05. The zero-order chi connectivity index (χ0) is 32.7. The molecule has 0 atom stereocenters. The fourth-order valence-corrected chi connectivity index (χ4v) is 5.47. The van der Waals surface area contributed by atoms with Crippen LogP contribution in [-0.2, 0) is 29.9 Å². The number of amides is 2. The Bertz CT molecular complexity index is 1880. The van der Waals surface area contributed by atoms with Gasteiger partial charge in [0.2, 0.25) is 0 Å². The summed E-state index contributed by atoms with van der Waals surface area (Å²) in [6.07, 6.45) is 6.88. The second-order valence-corrected chi connectivity index (χ2v) is 12.2. The maximum atomic E-state index is 14.2.